The van der Waals surface area contributed by atoms with Crippen LogP contribution in [0.1, 0.15) is 30.6 Å². The summed E-state index contributed by atoms with van der Waals surface area (Å²) in [6.07, 6.45) is 0.442. The first kappa shape index (κ1) is 19.1. The minimum atomic E-state index is -0.876. The number of aromatic hydroxyl groups is 2. The molecule has 1 aliphatic heterocycles. The zero-order valence-corrected chi connectivity index (χ0v) is 14.4. The minimum Gasteiger partial charge on any atom is -0.508 e. The lowest BCUT2D eigenvalue weighted by atomic mass is 10.0. The highest BCUT2D eigenvalue weighted by atomic mass is 16.5. The van der Waals surface area contributed by atoms with Crippen LogP contribution in [0.25, 0.3) is 0 Å². The van der Waals surface area contributed by atoms with Gasteiger partial charge in [0, 0.05) is 6.07 Å². The van der Waals surface area contributed by atoms with Crippen LogP contribution in [0.3, 0.4) is 0 Å². The Bertz CT molecular complexity index is 757. The smallest absolute Gasteiger partial charge is 0.342 e. The number of urea groups is 1. The molecule has 0 aliphatic carbocycles. The highest BCUT2D eigenvalue weighted by molar-refractivity contribution is 5.95. The van der Waals surface area contributed by atoms with Gasteiger partial charge < -0.3 is 30.3 Å². The largest absolute Gasteiger partial charge is 0.508 e. The van der Waals surface area contributed by atoms with Crippen molar-refractivity contribution in [2.45, 2.75) is 26.3 Å². The van der Waals surface area contributed by atoms with Gasteiger partial charge in [-0.1, -0.05) is 6.92 Å². The summed E-state index contributed by atoms with van der Waals surface area (Å²) in [5, 5.41) is 24.0. The second-order valence-electron chi connectivity index (χ2n) is 5.45. The maximum atomic E-state index is 12.2. The van der Waals surface area contributed by atoms with Crippen LogP contribution in [0.2, 0.25) is 0 Å². The van der Waals surface area contributed by atoms with Gasteiger partial charge in [-0.15, -0.1) is 0 Å². The van der Waals surface area contributed by atoms with Gasteiger partial charge in [0.25, 0.3) is 0 Å². The molecule has 2 rings (SSSR count). The summed E-state index contributed by atoms with van der Waals surface area (Å²) in [6, 6.07) is 2.32. The van der Waals surface area contributed by atoms with Crippen LogP contribution >= 0.6 is 0 Å². The number of hydrogen-bond donors (Lipinski definition) is 4. The topological polar surface area (TPSA) is 134 Å². The summed E-state index contributed by atoms with van der Waals surface area (Å²) in [5.74, 6) is -2.15. The summed E-state index contributed by atoms with van der Waals surface area (Å²) < 4.78 is 10.1. The van der Waals surface area contributed by atoms with Crippen molar-refractivity contribution in [1.82, 2.24) is 10.6 Å². The fourth-order valence-corrected chi connectivity index (χ4v) is 2.48. The van der Waals surface area contributed by atoms with Crippen molar-refractivity contribution in [1.29, 1.82) is 0 Å². The number of carbonyl (C=O) groups is 3. The number of phenolic OH excluding ortho intramolecular Hbond substituents is 2. The molecule has 4 N–H and O–H groups in total. The van der Waals surface area contributed by atoms with Crippen LogP contribution in [0.15, 0.2) is 29.5 Å². The Morgan fingerprint density at radius 3 is 2.50 bits per heavy atom. The number of nitrogens with one attached hydrogen (secondary N) is 2. The summed E-state index contributed by atoms with van der Waals surface area (Å²) in [6.45, 7) is 3.20. The van der Waals surface area contributed by atoms with Crippen molar-refractivity contribution < 1.29 is 34.1 Å². The number of amides is 2. The zero-order valence-electron chi connectivity index (χ0n) is 14.4. The van der Waals surface area contributed by atoms with E-state index in [9.17, 15) is 24.6 Å². The molecule has 0 saturated carbocycles. The number of carbonyl (C=O) groups excluding carboxylic acids is 3. The molecule has 2 amide bonds. The average Bonchev–Trinajstić information content (AvgIpc) is 2.59. The molecule has 1 atom stereocenters. The van der Waals surface area contributed by atoms with Crippen LogP contribution in [0.5, 0.6) is 11.5 Å². The van der Waals surface area contributed by atoms with E-state index in [0.29, 0.717) is 6.42 Å². The molecule has 1 heterocycles. The third-order valence-corrected chi connectivity index (χ3v) is 3.70. The highest BCUT2D eigenvalue weighted by Gasteiger charge is 2.32. The van der Waals surface area contributed by atoms with E-state index in [4.69, 9.17) is 9.47 Å². The summed E-state index contributed by atoms with van der Waals surface area (Å²) in [7, 11) is 0. The van der Waals surface area contributed by atoms with Gasteiger partial charge in [0.2, 0.25) is 0 Å². The lowest BCUT2D eigenvalue weighted by Crippen LogP contribution is -2.51. The quantitative estimate of drug-likeness (QED) is 0.557. The van der Waals surface area contributed by atoms with Crippen LogP contribution in [0, 0.1) is 0 Å². The normalized spacial score (nSPS) is 16.5. The second kappa shape index (κ2) is 8.24. The van der Waals surface area contributed by atoms with Crippen LogP contribution in [-0.4, -0.2) is 47.4 Å². The van der Waals surface area contributed by atoms with E-state index in [1.165, 1.54) is 12.1 Å². The number of esters is 2. The molecular weight excluding hydrogens is 344 g/mol. The summed E-state index contributed by atoms with van der Waals surface area (Å²) in [4.78, 5) is 36.1. The van der Waals surface area contributed by atoms with Gasteiger partial charge in [-0.25, -0.2) is 14.4 Å². The predicted molar refractivity (Wildman–Crippen MR) is 89.5 cm³/mol. The standard InChI is InChI=1S/C17H20N2O7/c1-3-11-14(16(23)25-4-2)12(19-17(24)18-11)8-26-15(22)10-6-5-9(20)7-13(10)21/h5-7,11,20-21H,3-4,8H2,1-2H3,(H2,18,19,24)/t11-/m0/s1. The Morgan fingerprint density at radius 2 is 1.88 bits per heavy atom. The lowest BCUT2D eigenvalue weighted by molar-refractivity contribution is -0.139. The molecule has 1 aromatic carbocycles. The fraction of sp³-hybridized carbons (Fsp3) is 0.353. The molecule has 0 spiro atoms. The van der Waals surface area contributed by atoms with E-state index in [1.54, 1.807) is 13.8 Å². The maximum absolute atomic E-state index is 12.2. The maximum Gasteiger partial charge on any atom is 0.342 e. The first-order valence-corrected chi connectivity index (χ1v) is 8.04. The van der Waals surface area contributed by atoms with Crippen molar-refractivity contribution >= 4 is 18.0 Å². The van der Waals surface area contributed by atoms with E-state index in [-0.39, 0.29) is 29.2 Å². The molecule has 1 aromatic rings. The van der Waals surface area contributed by atoms with Crippen molar-refractivity contribution in [2.24, 2.45) is 0 Å². The van der Waals surface area contributed by atoms with Gasteiger partial charge in [-0.05, 0) is 25.5 Å². The number of ether oxygens (including phenoxy) is 2. The highest BCUT2D eigenvalue weighted by Crippen LogP contribution is 2.24. The Labute approximate surface area is 149 Å². The van der Waals surface area contributed by atoms with Crippen LogP contribution in [-0.2, 0) is 14.3 Å². The number of benzene rings is 1. The molecule has 0 aromatic heterocycles. The Kier molecular flexibility index (Phi) is 6.05. The second-order valence-corrected chi connectivity index (χ2v) is 5.45. The fourth-order valence-electron chi connectivity index (χ4n) is 2.48. The van der Waals surface area contributed by atoms with E-state index >= 15 is 0 Å². The van der Waals surface area contributed by atoms with E-state index in [2.05, 4.69) is 10.6 Å². The molecule has 0 bridgehead atoms. The first-order valence-electron chi connectivity index (χ1n) is 8.04. The molecule has 0 unspecified atom stereocenters. The van der Waals surface area contributed by atoms with Gasteiger partial charge in [0.15, 0.2) is 0 Å². The van der Waals surface area contributed by atoms with E-state index in [0.717, 1.165) is 6.07 Å². The molecule has 0 radical (unpaired) electrons. The molecule has 0 saturated heterocycles. The van der Waals surface area contributed by atoms with E-state index < -0.39 is 36.4 Å². The van der Waals surface area contributed by atoms with Crippen molar-refractivity contribution in [3.8, 4) is 11.5 Å². The van der Waals surface area contributed by atoms with Gasteiger partial charge in [0.05, 0.1) is 23.9 Å². The van der Waals surface area contributed by atoms with Gasteiger partial charge in [-0.2, -0.15) is 0 Å². The van der Waals surface area contributed by atoms with Gasteiger partial charge in [0.1, 0.15) is 23.7 Å². The predicted octanol–water partition coefficient (Wildman–Crippen LogP) is 1.16. The van der Waals surface area contributed by atoms with Crippen molar-refractivity contribution in [3.63, 3.8) is 0 Å². The Hall–Kier alpha value is -3.23. The SMILES string of the molecule is CCOC(=O)C1=C(COC(=O)c2ccc(O)cc2O)NC(=O)N[C@H]1CC. The summed E-state index contributed by atoms with van der Waals surface area (Å²) >= 11 is 0. The molecular formula is C17H20N2O7. The van der Waals surface area contributed by atoms with Crippen molar-refractivity contribution in [2.75, 3.05) is 13.2 Å². The summed E-state index contributed by atoms with van der Waals surface area (Å²) in [5.41, 5.74) is 0.135. The zero-order chi connectivity index (χ0) is 19.3. The monoisotopic (exact) mass is 364 g/mol. The first-order chi connectivity index (χ1) is 12.4. The third kappa shape index (κ3) is 4.24. The van der Waals surface area contributed by atoms with Crippen molar-refractivity contribution in [3.05, 3.63) is 35.0 Å². The average molecular weight is 364 g/mol. The van der Waals surface area contributed by atoms with Gasteiger partial charge >= 0.3 is 18.0 Å². The lowest BCUT2D eigenvalue weighted by Gasteiger charge is -2.28. The molecule has 9 nitrogen and oxygen atoms in total. The molecule has 140 valence electrons. The molecule has 26 heavy (non-hydrogen) atoms. The number of phenols is 2. The number of rotatable bonds is 6. The van der Waals surface area contributed by atoms with Gasteiger partial charge in [-0.3, -0.25) is 0 Å². The molecule has 1 aliphatic rings. The Morgan fingerprint density at radius 1 is 1.15 bits per heavy atom. The minimum absolute atomic E-state index is 0.116. The van der Waals surface area contributed by atoms with Crippen LogP contribution < -0.4 is 10.6 Å². The Balaban J connectivity index is 2.23. The van der Waals surface area contributed by atoms with Crippen LogP contribution in [0.4, 0.5) is 4.79 Å². The molecule has 9 heteroatoms. The molecule has 0 fully saturated rings. The third-order valence-electron chi connectivity index (χ3n) is 3.70. The number of hydrogen-bond acceptors (Lipinski definition) is 7. The van der Waals surface area contributed by atoms with E-state index in [1.807, 2.05) is 0 Å².